The molecule has 3 N–H and O–H groups in total. The van der Waals surface area contributed by atoms with Gasteiger partial charge in [-0.15, -0.1) is 0 Å². The predicted octanol–water partition coefficient (Wildman–Crippen LogP) is 0.113. The Bertz CT molecular complexity index is 251. The molecule has 0 aliphatic carbocycles. The molecule has 0 fully saturated rings. The molecule has 0 bridgehead atoms. The summed E-state index contributed by atoms with van der Waals surface area (Å²) in [6.45, 7) is 3.50. The van der Waals surface area contributed by atoms with Crippen LogP contribution in [0, 0.1) is 5.41 Å². The maximum absolute atomic E-state index is 11.8. The third-order valence-corrected chi connectivity index (χ3v) is 2.55. The Morgan fingerprint density at radius 3 is 2.23 bits per heavy atom. The van der Waals surface area contributed by atoms with Gasteiger partial charge in [-0.25, -0.2) is 13.1 Å². The average Bonchev–Trinajstić information content (AvgIpc) is 2.01. The van der Waals surface area contributed by atoms with Crippen molar-refractivity contribution in [3.63, 3.8) is 0 Å². The first-order valence-corrected chi connectivity index (χ1v) is 5.22. The Labute approximate surface area is 76.5 Å². The molecule has 0 aliphatic heterocycles. The number of alkyl halides is 2. The second-order valence-corrected chi connectivity index (χ2v) is 5.23. The van der Waals surface area contributed by atoms with Crippen LogP contribution in [0.5, 0.6) is 0 Å². The van der Waals surface area contributed by atoms with Gasteiger partial charge in [-0.1, -0.05) is 13.8 Å². The maximum atomic E-state index is 11.8. The molecule has 0 unspecified atom stereocenters. The molecule has 0 aromatic carbocycles. The van der Waals surface area contributed by atoms with E-state index in [9.17, 15) is 17.2 Å². The minimum Gasteiger partial charge on any atom is -0.330 e. The highest BCUT2D eigenvalue weighted by atomic mass is 32.2. The van der Waals surface area contributed by atoms with Crippen molar-refractivity contribution >= 4 is 10.0 Å². The number of nitrogens with two attached hydrogens (primary N) is 1. The molecule has 0 spiro atoms. The zero-order valence-electron chi connectivity index (χ0n) is 7.55. The molecule has 0 amide bonds. The molecule has 4 nitrogen and oxygen atoms in total. The smallest absolute Gasteiger partial charge is 0.330 e. The van der Waals surface area contributed by atoms with Gasteiger partial charge in [-0.2, -0.15) is 8.78 Å². The van der Waals surface area contributed by atoms with Crippen LogP contribution in [0.4, 0.5) is 8.78 Å². The third-order valence-electron chi connectivity index (χ3n) is 1.54. The van der Waals surface area contributed by atoms with Crippen molar-refractivity contribution in [3.8, 4) is 0 Å². The minimum atomic E-state index is -4.48. The molecule has 0 aliphatic rings. The molecule has 0 radical (unpaired) electrons. The number of hydrogen-bond donors (Lipinski definition) is 2. The van der Waals surface area contributed by atoms with Crippen LogP contribution in [-0.2, 0) is 10.0 Å². The maximum Gasteiger partial charge on any atom is 0.350 e. The van der Waals surface area contributed by atoms with Crippen molar-refractivity contribution in [1.82, 2.24) is 4.72 Å². The molecule has 0 saturated heterocycles. The number of hydrogen-bond acceptors (Lipinski definition) is 3. The zero-order valence-corrected chi connectivity index (χ0v) is 8.37. The predicted molar refractivity (Wildman–Crippen MR) is 45.8 cm³/mol. The van der Waals surface area contributed by atoms with Crippen molar-refractivity contribution in [2.45, 2.75) is 19.6 Å². The van der Waals surface area contributed by atoms with E-state index in [1.165, 1.54) is 0 Å². The summed E-state index contributed by atoms with van der Waals surface area (Å²) in [4.78, 5) is 0. The summed E-state index contributed by atoms with van der Waals surface area (Å²) in [6, 6.07) is 0. The summed E-state index contributed by atoms with van der Waals surface area (Å²) in [5, 5.41) is 0. The largest absolute Gasteiger partial charge is 0.350 e. The Morgan fingerprint density at radius 2 is 1.92 bits per heavy atom. The van der Waals surface area contributed by atoms with E-state index < -0.39 is 21.2 Å². The lowest BCUT2D eigenvalue weighted by Crippen LogP contribution is -2.40. The first-order chi connectivity index (χ1) is 5.71. The molecule has 0 atom stereocenters. The first-order valence-electron chi connectivity index (χ1n) is 3.68. The molecule has 0 aromatic rings. The summed E-state index contributed by atoms with van der Waals surface area (Å²) in [7, 11) is -4.48. The van der Waals surface area contributed by atoms with Gasteiger partial charge in [0, 0.05) is 6.54 Å². The monoisotopic (exact) mass is 216 g/mol. The van der Waals surface area contributed by atoms with E-state index in [2.05, 4.69) is 0 Å². The van der Waals surface area contributed by atoms with E-state index in [-0.39, 0.29) is 13.1 Å². The number of halogens is 2. The van der Waals surface area contributed by atoms with Gasteiger partial charge in [-0.3, -0.25) is 0 Å². The van der Waals surface area contributed by atoms with E-state index in [0.717, 1.165) is 0 Å². The molecule has 0 saturated carbocycles. The highest BCUT2D eigenvalue weighted by molar-refractivity contribution is 7.89. The van der Waals surface area contributed by atoms with E-state index in [4.69, 9.17) is 5.73 Å². The summed E-state index contributed by atoms with van der Waals surface area (Å²) in [5.74, 6) is -3.39. The molecule has 13 heavy (non-hydrogen) atoms. The lowest BCUT2D eigenvalue weighted by molar-refractivity contribution is 0.230. The van der Waals surface area contributed by atoms with Gasteiger partial charge < -0.3 is 5.73 Å². The Balaban J connectivity index is 4.19. The van der Waals surface area contributed by atoms with Crippen molar-refractivity contribution in [3.05, 3.63) is 0 Å². The second-order valence-electron chi connectivity index (χ2n) is 3.50. The van der Waals surface area contributed by atoms with Crippen LogP contribution in [-0.4, -0.2) is 27.3 Å². The van der Waals surface area contributed by atoms with Crippen LogP contribution in [0.3, 0.4) is 0 Å². The van der Waals surface area contributed by atoms with Crippen molar-refractivity contribution in [2.24, 2.45) is 11.1 Å². The summed E-state index contributed by atoms with van der Waals surface area (Å²) < 4.78 is 46.6. The number of nitrogens with one attached hydrogen (secondary N) is 1. The summed E-state index contributed by atoms with van der Waals surface area (Å²) in [6.07, 6.45) is 0. The van der Waals surface area contributed by atoms with Gasteiger partial charge in [0.2, 0.25) is 0 Å². The van der Waals surface area contributed by atoms with Gasteiger partial charge >= 0.3 is 5.76 Å². The first kappa shape index (κ1) is 12.7. The van der Waals surface area contributed by atoms with Crippen molar-refractivity contribution in [2.75, 3.05) is 13.1 Å². The quantitative estimate of drug-likeness (QED) is 0.685. The van der Waals surface area contributed by atoms with E-state index >= 15 is 0 Å². The SMILES string of the molecule is CC(C)(CN)CNS(=O)(=O)C(F)F. The normalized spacial score (nSPS) is 13.7. The molecular formula is C6H14F2N2O2S. The topological polar surface area (TPSA) is 72.2 Å². The van der Waals surface area contributed by atoms with Gasteiger partial charge in [0.1, 0.15) is 0 Å². The second kappa shape index (κ2) is 4.30. The van der Waals surface area contributed by atoms with Crippen LogP contribution in [0.2, 0.25) is 0 Å². The van der Waals surface area contributed by atoms with Crippen LogP contribution >= 0.6 is 0 Å². The number of sulfonamides is 1. The van der Waals surface area contributed by atoms with Crippen LogP contribution in [0.15, 0.2) is 0 Å². The third kappa shape index (κ3) is 4.49. The summed E-state index contributed by atoms with van der Waals surface area (Å²) >= 11 is 0. The molecule has 7 heteroatoms. The van der Waals surface area contributed by atoms with E-state index in [1.54, 1.807) is 18.6 Å². The van der Waals surface area contributed by atoms with E-state index in [0.29, 0.717) is 0 Å². The van der Waals surface area contributed by atoms with Gasteiger partial charge in [0.25, 0.3) is 10.0 Å². The fourth-order valence-corrected chi connectivity index (χ4v) is 1.15. The van der Waals surface area contributed by atoms with Crippen LogP contribution < -0.4 is 10.5 Å². The standard InChI is InChI=1S/C6H14F2N2O2S/c1-6(2,3-9)4-10-13(11,12)5(7)8/h5,10H,3-4,9H2,1-2H3. The molecule has 80 valence electrons. The van der Waals surface area contributed by atoms with Gasteiger partial charge in [0.15, 0.2) is 0 Å². The number of rotatable bonds is 5. The average molecular weight is 216 g/mol. The minimum absolute atomic E-state index is 0.0871. The van der Waals surface area contributed by atoms with Crippen LogP contribution in [0.1, 0.15) is 13.8 Å². The molecule has 0 aromatic heterocycles. The molecular weight excluding hydrogens is 202 g/mol. The molecule has 0 heterocycles. The lowest BCUT2D eigenvalue weighted by atomic mass is 9.95. The lowest BCUT2D eigenvalue weighted by Gasteiger charge is -2.22. The van der Waals surface area contributed by atoms with E-state index in [1.807, 2.05) is 0 Å². The van der Waals surface area contributed by atoms with Gasteiger partial charge in [-0.05, 0) is 12.0 Å². The highest BCUT2D eigenvalue weighted by Crippen LogP contribution is 2.12. The Morgan fingerprint density at radius 1 is 1.46 bits per heavy atom. The Kier molecular flexibility index (Phi) is 4.21. The Hall–Kier alpha value is -0.270. The zero-order chi connectivity index (χ0) is 10.7. The van der Waals surface area contributed by atoms with Crippen molar-refractivity contribution in [1.29, 1.82) is 0 Å². The highest BCUT2D eigenvalue weighted by Gasteiger charge is 2.26. The fraction of sp³-hybridized carbons (Fsp3) is 1.00. The molecule has 0 rings (SSSR count). The van der Waals surface area contributed by atoms with Gasteiger partial charge in [0.05, 0.1) is 0 Å². The van der Waals surface area contributed by atoms with Crippen molar-refractivity contribution < 1.29 is 17.2 Å². The van der Waals surface area contributed by atoms with Crippen LogP contribution in [0.25, 0.3) is 0 Å². The fourth-order valence-electron chi connectivity index (χ4n) is 0.431. The summed E-state index contributed by atoms with van der Waals surface area (Å²) in [5.41, 5.74) is 4.78.